The molecule has 0 saturated carbocycles. The summed E-state index contributed by atoms with van der Waals surface area (Å²) in [6.07, 6.45) is 1.05. The maximum Gasteiger partial charge on any atom is 0.335 e. The van der Waals surface area contributed by atoms with Crippen LogP contribution in [0.15, 0.2) is 33.9 Å². The molecule has 2 rings (SSSR count). The van der Waals surface area contributed by atoms with Gasteiger partial charge in [-0.15, -0.1) is 16.7 Å². The van der Waals surface area contributed by atoms with Crippen LogP contribution in [0, 0.1) is 5.82 Å². The molecule has 0 fully saturated rings. The van der Waals surface area contributed by atoms with E-state index in [1.54, 1.807) is 6.07 Å². The van der Waals surface area contributed by atoms with Crippen LogP contribution in [-0.2, 0) is 26.8 Å². The Morgan fingerprint density at radius 3 is 2.76 bits per heavy atom. The van der Waals surface area contributed by atoms with Crippen LogP contribution in [0.5, 0.6) is 0 Å². The average molecular weight is 390 g/mol. The zero-order valence-corrected chi connectivity index (χ0v) is 14.8. The van der Waals surface area contributed by atoms with Gasteiger partial charge in [0.05, 0.1) is 5.75 Å². The normalized spacial score (nSPS) is 11.4. The number of amides is 1. The molecule has 0 aliphatic heterocycles. The number of nitrogens with one attached hydrogen (secondary N) is 1. The van der Waals surface area contributed by atoms with Crippen LogP contribution in [0.25, 0.3) is 0 Å². The molecule has 0 saturated heterocycles. The number of aromatic nitrogens is 2. The molecule has 7 nitrogen and oxygen atoms in total. The molecule has 1 amide bonds. The molecule has 1 aromatic carbocycles. The molecule has 0 spiro atoms. The minimum absolute atomic E-state index is 0.0317. The summed E-state index contributed by atoms with van der Waals surface area (Å²) in [5, 5.41) is 9.31. The molecule has 0 radical (unpaired) electrons. The highest BCUT2D eigenvalue weighted by Gasteiger charge is 2.24. The molecule has 0 aliphatic carbocycles. The van der Waals surface area contributed by atoms with E-state index in [-0.39, 0.29) is 29.7 Å². The molecule has 136 valence electrons. The van der Waals surface area contributed by atoms with Crippen molar-refractivity contribution in [3.05, 3.63) is 41.5 Å². The fraction of sp³-hybridized carbons (Fsp3) is 0.400. The third kappa shape index (κ3) is 5.79. The van der Waals surface area contributed by atoms with Crippen molar-refractivity contribution >= 4 is 27.3 Å². The van der Waals surface area contributed by atoms with E-state index >= 15 is 0 Å². The Morgan fingerprint density at radius 2 is 2.04 bits per heavy atom. The van der Waals surface area contributed by atoms with Gasteiger partial charge < -0.3 is 9.73 Å². The predicted octanol–water partition coefficient (Wildman–Crippen LogP) is 1.86. The van der Waals surface area contributed by atoms with Gasteiger partial charge in [-0.05, 0) is 12.5 Å². The number of hydrogen-bond acceptors (Lipinski definition) is 6. The van der Waals surface area contributed by atoms with E-state index in [1.165, 1.54) is 18.2 Å². The van der Waals surface area contributed by atoms with E-state index in [0.717, 1.165) is 0 Å². The van der Waals surface area contributed by atoms with Crippen molar-refractivity contribution in [3.8, 4) is 0 Å². The maximum atomic E-state index is 13.6. The number of aryl methyl sites for hydroxylation is 1. The van der Waals surface area contributed by atoms with E-state index in [4.69, 9.17) is 16.0 Å². The second-order valence-corrected chi connectivity index (χ2v) is 7.45. The highest BCUT2D eigenvalue weighted by atomic mass is 35.5. The molecule has 1 aromatic heterocycles. The van der Waals surface area contributed by atoms with Gasteiger partial charge in [0.15, 0.2) is 0 Å². The lowest BCUT2D eigenvalue weighted by Crippen LogP contribution is -2.24. The van der Waals surface area contributed by atoms with E-state index in [9.17, 15) is 17.6 Å². The van der Waals surface area contributed by atoms with E-state index in [1.807, 2.05) is 0 Å². The predicted molar refractivity (Wildman–Crippen MR) is 88.3 cm³/mol. The molecular weight excluding hydrogens is 373 g/mol. The first-order valence-corrected chi connectivity index (χ1v) is 9.72. The molecule has 10 heteroatoms. The van der Waals surface area contributed by atoms with Crippen molar-refractivity contribution in [2.75, 3.05) is 12.4 Å². The van der Waals surface area contributed by atoms with E-state index < -0.39 is 26.6 Å². The van der Waals surface area contributed by atoms with Gasteiger partial charge in [-0.2, -0.15) is 0 Å². The summed E-state index contributed by atoms with van der Waals surface area (Å²) in [7, 11) is -3.93. The second kappa shape index (κ2) is 8.91. The monoisotopic (exact) mass is 389 g/mol. The van der Waals surface area contributed by atoms with Crippen molar-refractivity contribution in [2.24, 2.45) is 0 Å². The molecule has 2 aromatic rings. The van der Waals surface area contributed by atoms with Gasteiger partial charge in [0, 0.05) is 30.8 Å². The van der Waals surface area contributed by atoms with Gasteiger partial charge in [0.25, 0.3) is 0 Å². The third-order valence-corrected chi connectivity index (χ3v) is 4.81. The van der Waals surface area contributed by atoms with Crippen molar-refractivity contribution in [2.45, 2.75) is 30.2 Å². The van der Waals surface area contributed by atoms with Crippen LogP contribution >= 0.6 is 11.6 Å². The number of carbonyl (C=O) groups is 1. The summed E-state index contributed by atoms with van der Waals surface area (Å²) in [5.74, 6) is -0.944. The first-order chi connectivity index (χ1) is 11.9. The number of sulfone groups is 1. The van der Waals surface area contributed by atoms with Crippen LogP contribution in [0.4, 0.5) is 4.39 Å². The third-order valence-electron chi connectivity index (χ3n) is 3.23. The number of alkyl halides is 1. The lowest BCUT2D eigenvalue weighted by molar-refractivity contribution is -0.120. The molecule has 1 N–H and O–H groups in total. The van der Waals surface area contributed by atoms with E-state index in [0.29, 0.717) is 19.4 Å². The number of rotatable bonds is 9. The number of halogens is 2. The van der Waals surface area contributed by atoms with Gasteiger partial charge in [0.2, 0.25) is 21.6 Å². The van der Waals surface area contributed by atoms with Crippen LogP contribution in [-0.4, -0.2) is 36.9 Å². The van der Waals surface area contributed by atoms with Crippen LogP contribution in [0.1, 0.15) is 24.3 Å². The minimum Gasteiger partial charge on any atom is -0.413 e. The smallest absolute Gasteiger partial charge is 0.335 e. The van der Waals surface area contributed by atoms with Crippen LogP contribution in [0.3, 0.4) is 0 Å². The molecule has 1 heterocycles. The summed E-state index contributed by atoms with van der Waals surface area (Å²) < 4.78 is 43.2. The second-order valence-electron chi connectivity index (χ2n) is 5.20. The Labute approximate surface area is 149 Å². The molecule has 25 heavy (non-hydrogen) atoms. The van der Waals surface area contributed by atoms with Crippen molar-refractivity contribution in [1.29, 1.82) is 0 Å². The zero-order valence-electron chi connectivity index (χ0n) is 13.2. The van der Waals surface area contributed by atoms with Gasteiger partial charge in [-0.1, -0.05) is 23.3 Å². The van der Waals surface area contributed by atoms with Gasteiger partial charge in [-0.25, -0.2) is 12.8 Å². The summed E-state index contributed by atoms with van der Waals surface area (Å²) in [5.41, 5.74) is 0.0317. The Morgan fingerprint density at radius 1 is 1.28 bits per heavy atom. The topological polar surface area (TPSA) is 102 Å². The SMILES string of the molecule is O=C(CCCl)NCCCc1nnc(S(=O)(=O)Cc2ccccc2F)o1. The number of carbonyl (C=O) groups excluding carboxylic acids is 1. The first-order valence-electron chi connectivity index (χ1n) is 7.53. The maximum absolute atomic E-state index is 13.6. The Bertz CT molecular complexity index is 826. The highest BCUT2D eigenvalue weighted by molar-refractivity contribution is 7.90. The summed E-state index contributed by atoms with van der Waals surface area (Å²) >= 11 is 5.44. The lowest BCUT2D eigenvalue weighted by atomic mass is 10.2. The Kier molecular flexibility index (Phi) is 6.89. The van der Waals surface area contributed by atoms with Crippen molar-refractivity contribution in [3.63, 3.8) is 0 Å². The molecular formula is C15H17ClFN3O4S. The largest absolute Gasteiger partial charge is 0.413 e. The van der Waals surface area contributed by atoms with Gasteiger partial charge in [-0.3, -0.25) is 4.79 Å². The zero-order chi connectivity index (χ0) is 18.3. The number of benzene rings is 1. The standard InChI is InChI=1S/C15H17ClFN3O4S/c16-8-7-13(21)18-9-3-6-14-19-20-15(24-14)25(22,23)10-11-4-1-2-5-12(11)17/h1-2,4-5H,3,6-10H2,(H,18,21). The fourth-order valence-corrected chi connectivity index (χ4v) is 3.32. The number of nitrogens with zero attached hydrogens (tertiary/aromatic N) is 2. The quantitative estimate of drug-likeness (QED) is 0.518. The molecule has 0 bridgehead atoms. The molecule has 0 atom stereocenters. The Hall–Kier alpha value is -2.00. The van der Waals surface area contributed by atoms with Crippen LogP contribution < -0.4 is 5.32 Å². The van der Waals surface area contributed by atoms with Crippen molar-refractivity contribution < 1.29 is 22.0 Å². The minimum atomic E-state index is -3.93. The first kappa shape index (κ1) is 19.3. The lowest BCUT2D eigenvalue weighted by Gasteiger charge is -2.02. The molecule has 0 aliphatic rings. The van der Waals surface area contributed by atoms with Crippen LogP contribution in [0.2, 0.25) is 0 Å². The average Bonchev–Trinajstić information content (AvgIpc) is 3.04. The Balaban J connectivity index is 1.91. The number of hydrogen-bond donors (Lipinski definition) is 1. The van der Waals surface area contributed by atoms with Crippen molar-refractivity contribution in [1.82, 2.24) is 15.5 Å². The fourth-order valence-electron chi connectivity index (χ4n) is 1.99. The summed E-state index contributed by atoms with van der Waals surface area (Å²) in [6, 6.07) is 5.59. The van der Waals surface area contributed by atoms with Gasteiger partial charge >= 0.3 is 5.22 Å². The molecule has 0 unspecified atom stereocenters. The summed E-state index contributed by atoms with van der Waals surface area (Å²) in [4.78, 5) is 11.2. The highest BCUT2D eigenvalue weighted by Crippen LogP contribution is 2.17. The van der Waals surface area contributed by atoms with E-state index in [2.05, 4.69) is 15.5 Å². The van der Waals surface area contributed by atoms with Gasteiger partial charge in [0.1, 0.15) is 5.82 Å². The summed E-state index contributed by atoms with van der Waals surface area (Å²) in [6.45, 7) is 0.384.